The fourth-order valence-electron chi connectivity index (χ4n) is 4.97. The number of nitrogens with two attached hydrogens (primary N) is 1. The number of rotatable bonds is 11. The van der Waals surface area contributed by atoms with Crippen LogP contribution in [-0.4, -0.2) is 79.9 Å². The molecule has 5 N–H and O–H groups in total. The third kappa shape index (κ3) is 6.94. The van der Waals surface area contributed by atoms with E-state index in [-0.39, 0.29) is 40.8 Å². The summed E-state index contributed by atoms with van der Waals surface area (Å²) in [6, 6.07) is 11.4. The van der Waals surface area contributed by atoms with Crippen LogP contribution in [0, 0.1) is 5.41 Å². The highest BCUT2D eigenvalue weighted by Crippen LogP contribution is 2.48. The Morgan fingerprint density at radius 3 is 2.65 bits per heavy atom. The molecular weight excluding hydrogens is 619 g/mol. The van der Waals surface area contributed by atoms with Crippen LogP contribution in [-0.2, 0) is 23.4 Å². The van der Waals surface area contributed by atoms with Crippen molar-refractivity contribution in [2.24, 2.45) is 5.41 Å². The van der Waals surface area contributed by atoms with E-state index >= 15 is 0 Å². The van der Waals surface area contributed by atoms with Crippen LogP contribution in [0.5, 0.6) is 11.6 Å². The van der Waals surface area contributed by atoms with Crippen molar-refractivity contribution in [2.75, 3.05) is 26.1 Å². The lowest BCUT2D eigenvalue weighted by atomic mass is 9.96. The maximum atomic E-state index is 14.3. The number of benzene rings is 2. The highest BCUT2D eigenvalue weighted by Gasteiger charge is 2.54. The first-order chi connectivity index (χ1) is 21.6. The maximum absolute atomic E-state index is 14.3. The summed E-state index contributed by atoms with van der Waals surface area (Å²) in [7, 11) is -2.97. The second-order valence-corrected chi connectivity index (χ2v) is 14.2. The van der Waals surface area contributed by atoms with Crippen molar-refractivity contribution in [2.45, 2.75) is 64.7 Å². The fraction of sp³-hybridized carbons (Fsp3) is 0.467. The number of aliphatic hydroxyl groups is 2. The number of methoxy groups -OCH3 is 1. The van der Waals surface area contributed by atoms with Gasteiger partial charge in [0.2, 0.25) is 11.8 Å². The SMILES string of the molecule is COc1nc(N)nc2c1ncn2C1O[C@H](CO[P@](=O)(N[C@@H](C)C(=O)OCC(C)(C)C)Oc2cccc3ccccc23)[C@@H](O)[C@@]1(C)O. The van der Waals surface area contributed by atoms with Gasteiger partial charge < -0.3 is 34.7 Å². The standard InChI is InChI=1S/C30H39N6O9P/c1-17(26(38)42-15-29(2,3)4)35-46(40,45-20-13-9-11-18-10-7-8-12-19(18)20)43-14-21-23(37)30(5,39)27(44-21)36-16-32-22-24(36)33-28(31)34-25(22)41-6/h7-13,16-17,21,23,27,37,39H,14-15H2,1-6H3,(H,35,40)(H2,31,33,34)/t17-,21+,23+,27?,30+,46+/m0/s1. The lowest BCUT2D eigenvalue weighted by Crippen LogP contribution is -2.44. The number of fused-ring (bicyclic) bond motifs is 2. The van der Waals surface area contributed by atoms with Gasteiger partial charge in [-0.15, -0.1) is 0 Å². The Balaban J connectivity index is 1.40. The molecule has 0 saturated carbocycles. The molecule has 1 saturated heterocycles. The van der Waals surface area contributed by atoms with Crippen LogP contribution >= 0.6 is 7.75 Å². The lowest BCUT2D eigenvalue weighted by molar-refractivity contribution is -0.148. The Morgan fingerprint density at radius 1 is 1.22 bits per heavy atom. The van der Waals surface area contributed by atoms with E-state index in [4.69, 9.17) is 29.0 Å². The normalized spacial score (nSPS) is 23.7. The summed E-state index contributed by atoms with van der Waals surface area (Å²) in [6.07, 6.45) is -2.63. The zero-order valence-electron chi connectivity index (χ0n) is 26.4. The summed E-state index contributed by atoms with van der Waals surface area (Å²) in [5.41, 5.74) is 4.11. The van der Waals surface area contributed by atoms with Gasteiger partial charge in [-0.05, 0) is 30.7 Å². The minimum atomic E-state index is -4.37. The topological polar surface area (TPSA) is 202 Å². The largest absolute Gasteiger partial charge is 0.479 e. The molecule has 248 valence electrons. The molecule has 0 bridgehead atoms. The summed E-state index contributed by atoms with van der Waals surface area (Å²) in [4.78, 5) is 25.3. The number of nitrogen functional groups attached to an aromatic ring is 1. The summed E-state index contributed by atoms with van der Waals surface area (Å²) in [5.74, 6) is -0.411. The molecule has 0 radical (unpaired) electrons. The van der Waals surface area contributed by atoms with Crippen molar-refractivity contribution in [3.8, 4) is 11.6 Å². The van der Waals surface area contributed by atoms with E-state index in [1.807, 2.05) is 39.0 Å². The van der Waals surface area contributed by atoms with Crippen LogP contribution < -0.4 is 20.1 Å². The van der Waals surface area contributed by atoms with Crippen LogP contribution in [0.3, 0.4) is 0 Å². The first-order valence-electron chi connectivity index (χ1n) is 14.6. The van der Waals surface area contributed by atoms with Crippen molar-refractivity contribution in [3.63, 3.8) is 0 Å². The van der Waals surface area contributed by atoms with Crippen molar-refractivity contribution >= 4 is 41.6 Å². The molecule has 16 heteroatoms. The summed E-state index contributed by atoms with van der Waals surface area (Å²) in [6.45, 7) is 8.20. The van der Waals surface area contributed by atoms with E-state index in [0.717, 1.165) is 5.39 Å². The second kappa shape index (κ2) is 12.7. The van der Waals surface area contributed by atoms with E-state index in [1.54, 1.807) is 24.3 Å². The number of anilines is 1. The Hall–Kier alpha value is -3.85. The maximum Gasteiger partial charge on any atom is 0.459 e. The number of imidazole rings is 1. The molecule has 15 nitrogen and oxygen atoms in total. The van der Waals surface area contributed by atoms with E-state index in [0.29, 0.717) is 5.39 Å². The number of hydrogen-bond acceptors (Lipinski definition) is 13. The number of carbonyl (C=O) groups excluding carboxylic acids is 1. The minimum absolute atomic E-state index is 0.100. The number of aromatic nitrogens is 4. The second-order valence-electron chi connectivity index (χ2n) is 12.5. The van der Waals surface area contributed by atoms with Crippen LogP contribution in [0.2, 0.25) is 0 Å². The molecule has 5 rings (SSSR count). The zero-order chi connectivity index (χ0) is 33.4. The van der Waals surface area contributed by atoms with Gasteiger partial charge in [-0.1, -0.05) is 57.2 Å². The molecule has 0 amide bonds. The number of ether oxygens (including phenoxy) is 3. The number of nitrogens with one attached hydrogen (secondary N) is 1. The molecule has 1 unspecified atom stereocenters. The molecular formula is C30H39N6O9P. The highest BCUT2D eigenvalue weighted by molar-refractivity contribution is 7.52. The molecule has 0 spiro atoms. The molecule has 3 heterocycles. The average Bonchev–Trinajstić information content (AvgIpc) is 3.51. The quantitative estimate of drug-likeness (QED) is 0.135. The van der Waals surface area contributed by atoms with Gasteiger partial charge in [0.1, 0.15) is 29.6 Å². The molecule has 2 aromatic carbocycles. The van der Waals surface area contributed by atoms with Gasteiger partial charge in [-0.25, -0.2) is 9.55 Å². The molecule has 46 heavy (non-hydrogen) atoms. The third-order valence-corrected chi connectivity index (χ3v) is 8.97. The van der Waals surface area contributed by atoms with Crippen LogP contribution in [0.4, 0.5) is 5.95 Å². The molecule has 6 atom stereocenters. The van der Waals surface area contributed by atoms with Crippen LogP contribution in [0.1, 0.15) is 40.8 Å². The van der Waals surface area contributed by atoms with Gasteiger partial charge in [0.05, 0.1) is 26.7 Å². The van der Waals surface area contributed by atoms with Gasteiger partial charge in [0, 0.05) is 5.39 Å². The fourth-order valence-corrected chi connectivity index (χ4v) is 6.49. The molecule has 2 aromatic heterocycles. The van der Waals surface area contributed by atoms with Gasteiger partial charge >= 0.3 is 13.7 Å². The van der Waals surface area contributed by atoms with E-state index in [2.05, 4.69) is 20.0 Å². The Morgan fingerprint density at radius 2 is 1.93 bits per heavy atom. The van der Waals surface area contributed by atoms with Crippen molar-refractivity contribution in [3.05, 3.63) is 48.8 Å². The lowest BCUT2D eigenvalue weighted by Gasteiger charge is -2.27. The van der Waals surface area contributed by atoms with E-state index in [1.165, 1.54) is 31.9 Å². The predicted octanol–water partition coefficient (Wildman–Crippen LogP) is 3.35. The molecule has 1 aliphatic rings. The van der Waals surface area contributed by atoms with E-state index < -0.39 is 50.4 Å². The Bertz CT molecular complexity index is 1770. The van der Waals surface area contributed by atoms with Crippen molar-refractivity contribution < 1.29 is 42.8 Å². The molecule has 0 aliphatic carbocycles. The zero-order valence-corrected chi connectivity index (χ0v) is 27.3. The number of aliphatic hydroxyl groups excluding tert-OH is 1. The van der Waals surface area contributed by atoms with Gasteiger partial charge in [-0.2, -0.15) is 15.1 Å². The Kier molecular flexibility index (Phi) is 9.28. The number of nitrogens with zero attached hydrogens (tertiary/aromatic N) is 4. The van der Waals surface area contributed by atoms with Crippen LogP contribution in [0.25, 0.3) is 21.9 Å². The number of carbonyl (C=O) groups is 1. The third-order valence-electron chi connectivity index (χ3n) is 7.34. The molecule has 1 fully saturated rings. The Labute approximate surface area is 265 Å². The minimum Gasteiger partial charge on any atom is -0.479 e. The monoisotopic (exact) mass is 658 g/mol. The van der Waals surface area contributed by atoms with Gasteiger partial charge in [0.15, 0.2) is 17.4 Å². The van der Waals surface area contributed by atoms with E-state index in [9.17, 15) is 19.6 Å². The first-order valence-corrected chi connectivity index (χ1v) is 16.1. The summed E-state index contributed by atoms with van der Waals surface area (Å²) < 4.78 is 44.2. The summed E-state index contributed by atoms with van der Waals surface area (Å²) in [5, 5.41) is 26.7. The van der Waals surface area contributed by atoms with Crippen molar-refractivity contribution in [1.29, 1.82) is 0 Å². The summed E-state index contributed by atoms with van der Waals surface area (Å²) >= 11 is 0. The number of hydrogen-bond donors (Lipinski definition) is 4. The average molecular weight is 659 g/mol. The van der Waals surface area contributed by atoms with Crippen LogP contribution in [0.15, 0.2) is 48.8 Å². The number of esters is 1. The molecule has 1 aliphatic heterocycles. The molecule has 4 aromatic rings. The van der Waals surface area contributed by atoms with Crippen molar-refractivity contribution in [1.82, 2.24) is 24.6 Å². The smallest absolute Gasteiger partial charge is 0.459 e. The predicted molar refractivity (Wildman–Crippen MR) is 168 cm³/mol. The van der Waals surface area contributed by atoms with Gasteiger partial charge in [-0.3, -0.25) is 13.9 Å². The first kappa shape index (κ1) is 33.5. The van der Waals surface area contributed by atoms with Gasteiger partial charge in [0.25, 0.3) is 0 Å². The highest BCUT2D eigenvalue weighted by atomic mass is 31.2.